The van der Waals surface area contributed by atoms with E-state index in [1.54, 1.807) is 19.9 Å². The Labute approximate surface area is 108 Å². The van der Waals surface area contributed by atoms with Crippen LogP contribution in [0.15, 0.2) is 17.4 Å². The van der Waals surface area contributed by atoms with Gasteiger partial charge < -0.3 is 5.11 Å². The van der Waals surface area contributed by atoms with Crippen LogP contribution in [-0.2, 0) is 0 Å². The van der Waals surface area contributed by atoms with Crippen molar-refractivity contribution in [3.63, 3.8) is 0 Å². The number of carboxylic acid groups (broad SMARTS) is 1. The summed E-state index contributed by atoms with van der Waals surface area (Å²) in [7, 11) is 0. The largest absolute Gasteiger partial charge is 0.478 e. The molecule has 0 saturated heterocycles. The molecular formula is C11H12N4O2S. The molecule has 0 aromatic carbocycles. The van der Waals surface area contributed by atoms with Crippen LogP contribution in [0, 0.1) is 13.8 Å². The summed E-state index contributed by atoms with van der Waals surface area (Å²) in [5.74, 6) is -0.405. The Morgan fingerprint density at radius 1 is 1.39 bits per heavy atom. The van der Waals surface area contributed by atoms with Crippen LogP contribution in [0.25, 0.3) is 5.82 Å². The van der Waals surface area contributed by atoms with Gasteiger partial charge in [0.1, 0.15) is 16.9 Å². The second-order valence-electron chi connectivity index (χ2n) is 3.68. The van der Waals surface area contributed by atoms with Gasteiger partial charge in [0.25, 0.3) is 0 Å². The summed E-state index contributed by atoms with van der Waals surface area (Å²) < 4.78 is 1.53. The summed E-state index contributed by atoms with van der Waals surface area (Å²) in [6.45, 7) is 3.38. The van der Waals surface area contributed by atoms with Crippen LogP contribution in [0.1, 0.15) is 21.7 Å². The zero-order valence-corrected chi connectivity index (χ0v) is 11.0. The third kappa shape index (κ3) is 2.08. The van der Waals surface area contributed by atoms with Crippen molar-refractivity contribution in [3.8, 4) is 5.82 Å². The summed E-state index contributed by atoms with van der Waals surface area (Å²) in [5.41, 5.74) is 1.26. The van der Waals surface area contributed by atoms with Gasteiger partial charge in [-0.25, -0.2) is 19.4 Å². The first-order chi connectivity index (χ1) is 8.54. The van der Waals surface area contributed by atoms with Crippen molar-refractivity contribution in [1.29, 1.82) is 0 Å². The number of carboxylic acids is 1. The Morgan fingerprint density at radius 2 is 2.11 bits per heavy atom. The topological polar surface area (TPSA) is 80.9 Å². The Morgan fingerprint density at radius 3 is 2.67 bits per heavy atom. The lowest BCUT2D eigenvalue weighted by Gasteiger charge is -2.04. The van der Waals surface area contributed by atoms with E-state index >= 15 is 0 Å². The standard InChI is InChI=1S/C11H12N4O2S/c1-6-10(11(16)17)7(2)15(14-6)8-4-9(18-3)13-5-12-8/h4-5H,1-3H3,(H,16,17). The number of hydrogen-bond donors (Lipinski definition) is 1. The molecule has 7 heteroatoms. The summed E-state index contributed by atoms with van der Waals surface area (Å²) in [6, 6.07) is 1.77. The van der Waals surface area contributed by atoms with Crippen molar-refractivity contribution < 1.29 is 9.90 Å². The molecule has 18 heavy (non-hydrogen) atoms. The molecule has 0 radical (unpaired) electrons. The van der Waals surface area contributed by atoms with Crippen LogP contribution >= 0.6 is 11.8 Å². The van der Waals surface area contributed by atoms with Crippen molar-refractivity contribution in [2.24, 2.45) is 0 Å². The van der Waals surface area contributed by atoms with E-state index in [-0.39, 0.29) is 5.56 Å². The second kappa shape index (κ2) is 4.77. The van der Waals surface area contributed by atoms with E-state index in [9.17, 15) is 4.79 Å². The van der Waals surface area contributed by atoms with Gasteiger partial charge in [0.05, 0.1) is 11.4 Å². The monoisotopic (exact) mass is 264 g/mol. The van der Waals surface area contributed by atoms with Gasteiger partial charge in [0.15, 0.2) is 5.82 Å². The first kappa shape index (κ1) is 12.6. The lowest BCUT2D eigenvalue weighted by Crippen LogP contribution is -2.04. The Balaban J connectivity index is 2.57. The number of aromatic carboxylic acids is 1. The Hall–Kier alpha value is -1.89. The van der Waals surface area contributed by atoms with Gasteiger partial charge in [-0.1, -0.05) is 0 Å². The van der Waals surface area contributed by atoms with E-state index in [1.165, 1.54) is 22.8 Å². The maximum atomic E-state index is 11.1. The molecule has 0 aliphatic heterocycles. The fourth-order valence-electron chi connectivity index (χ4n) is 1.73. The predicted molar refractivity (Wildman–Crippen MR) is 67.4 cm³/mol. The molecule has 0 aliphatic rings. The highest BCUT2D eigenvalue weighted by molar-refractivity contribution is 7.98. The minimum absolute atomic E-state index is 0.222. The molecule has 2 rings (SSSR count). The van der Waals surface area contributed by atoms with Gasteiger partial charge in [-0.2, -0.15) is 5.10 Å². The minimum atomic E-state index is -0.976. The summed E-state index contributed by atoms with van der Waals surface area (Å²) in [4.78, 5) is 19.3. The summed E-state index contributed by atoms with van der Waals surface area (Å²) in [5, 5.41) is 14.1. The van der Waals surface area contributed by atoms with Gasteiger partial charge in [-0.15, -0.1) is 11.8 Å². The van der Waals surface area contributed by atoms with Crippen LogP contribution in [0.5, 0.6) is 0 Å². The quantitative estimate of drug-likeness (QED) is 0.671. The van der Waals surface area contributed by atoms with Crippen molar-refractivity contribution in [2.75, 3.05) is 6.26 Å². The molecule has 2 aromatic heterocycles. The molecule has 2 heterocycles. The van der Waals surface area contributed by atoms with Gasteiger partial charge in [0.2, 0.25) is 0 Å². The molecule has 0 atom stereocenters. The summed E-state index contributed by atoms with van der Waals surface area (Å²) >= 11 is 1.49. The third-order valence-electron chi connectivity index (χ3n) is 2.56. The van der Waals surface area contributed by atoms with Crippen molar-refractivity contribution in [2.45, 2.75) is 18.9 Å². The maximum Gasteiger partial charge on any atom is 0.339 e. The molecule has 0 saturated carbocycles. The Kier molecular flexibility index (Phi) is 3.33. The van der Waals surface area contributed by atoms with Crippen LogP contribution in [0.3, 0.4) is 0 Å². The molecule has 0 unspecified atom stereocenters. The fourth-order valence-corrected chi connectivity index (χ4v) is 2.11. The lowest BCUT2D eigenvalue weighted by molar-refractivity contribution is 0.0695. The number of thioether (sulfide) groups is 1. The van der Waals surface area contributed by atoms with E-state index in [4.69, 9.17) is 5.11 Å². The van der Waals surface area contributed by atoms with Gasteiger partial charge in [0, 0.05) is 6.07 Å². The Bertz CT molecular complexity index is 609. The number of hydrogen-bond acceptors (Lipinski definition) is 5. The summed E-state index contributed by atoms with van der Waals surface area (Å²) in [6.07, 6.45) is 3.36. The number of nitrogens with zero attached hydrogens (tertiary/aromatic N) is 4. The van der Waals surface area contributed by atoms with E-state index in [0.29, 0.717) is 17.2 Å². The first-order valence-corrected chi connectivity index (χ1v) is 6.43. The van der Waals surface area contributed by atoms with Crippen molar-refractivity contribution >= 4 is 17.7 Å². The molecule has 0 aliphatic carbocycles. The highest BCUT2D eigenvalue weighted by Gasteiger charge is 2.19. The number of aryl methyl sites for hydroxylation is 1. The molecule has 0 amide bonds. The van der Waals surface area contributed by atoms with Gasteiger partial charge >= 0.3 is 5.97 Å². The third-order valence-corrected chi connectivity index (χ3v) is 3.20. The van der Waals surface area contributed by atoms with E-state index < -0.39 is 5.97 Å². The van der Waals surface area contributed by atoms with Gasteiger partial charge in [-0.05, 0) is 20.1 Å². The van der Waals surface area contributed by atoms with E-state index in [1.807, 2.05) is 6.26 Å². The molecule has 0 bridgehead atoms. The van der Waals surface area contributed by atoms with Crippen LogP contribution in [-0.4, -0.2) is 37.1 Å². The van der Waals surface area contributed by atoms with Crippen LogP contribution in [0.2, 0.25) is 0 Å². The van der Waals surface area contributed by atoms with E-state index in [2.05, 4.69) is 15.1 Å². The minimum Gasteiger partial charge on any atom is -0.478 e. The predicted octanol–water partition coefficient (Wildman–Crippen LogP) is 1.70. The normalized spacial score (nSPS) is 10.6. The van der Waals surface area contributed by atoms with Crippen LogP contribution < -0.4 is 0 Å². The molecule has 94 valence electrons. The second-order valence-corrected chi connectivity index (χ2v) is 4.51. The zero-order valence-electron chi connectivity index (χ0n) is 10.2. The van der Waals surface area contributed by atoms with Gasteiger partial charge in [-0.3, -0.25) is 0 Å². The van der Waals surface area contributed by atoms with Crippen LogP contribution in [0.4, 0.5) is 0 Å². The highest BCUT2D eigenvalue weighted by atomic mass is 32.2. The molecule has 2 aromatic rings. The maximum absolute atomic E-state index is 11.1. The van der Waals surface area contributed by atoms with Crippen molar-refractivity contribution in [3.05, 3.63) is 29.3 Å². The zero-order chi connectivity index (χ0) is 13.3. The first-order valence-electron chi connectivity index (χ1n) is 5.20. The molecular weight excluding hydrogens is 252 g/mol. The smallest absolute Gasteiger partial charge is 0.339 e. The van der Waals surface area contributed by atoms with Crippen molar-refractivity contribution in [1.82, 2.24) is 19.7 Å². The number of carbonyl (C=O) groups is 1. The molecule has 1 N–H and O–H groups in total. The fraction of sp³-hybridized carbons (Fsp3) is 0.273. The highest BCUT2D eigenvalue weighted by Crippen LogP contribution is 2.18. The molecule has 6 nitrogen and oxygen atoms in total. The number of aromatic nitrogens is 4. The van der Waals surface area contributed by atoms with E-state index in [0.717, 1.165) is 5.03 Å². The average Bonchev–Trinajstić information content (AvgIpc) is 2.65. The molecule has 0 spiro atoms. The molecule has 0 fully saturated rings. The number of rotatable bonds is 3. The average molecular weight is 264 g/mol. The SMILES string of the molecule is CSc1cc(-n2nc(C)c(C(=O)O)c2C)ncn1. The lowest BCUT2D eigenvalue weighted by atomic mass is 10.2.